The highest BCUT2D eigenvalue weighted by Gasteiger charge is 2.16. The number of nitrogens with one attached hydrogen (secondary N) is 2. The molecular weight excluding hydrogens is 282 g/mol. The van der Waals surface area contributed by atoms with Crippen molar-refractivity contribution in [3.63, 3.8) is 0 Å². The maximum absolute atomic E-state index is 12.0. The van der Waals surface area contributed by atoms with Crippen molar-refractivity contribution < 1.29 is 4.79 Å². The van der Waals surface area contributed by atoms with Gasteiger partial charge < -0.3 is 5.32 Å². The predicted octanol–water partition coefficient (Wildman–Crippen LogP) is 4.37. The average molecular weight is 303 g/mol. The lowest BCUT2D eigenvalue weighted by Crippen LogP contribution is -2.38. The van der Waals surface area contributed by atoms with E-state index < -0.39 is 0 Å². The highest BCUT2D eigenvalue weighted by Crippen LogP contribution is 2.28. The second kappa shape index (κ2) is 6.02. The summed E-state index contributed by atoms with van der Waals surface area (Å²) in [7, 11) is 0. The Morgan fingerprint density at radius 3 is 2.67 bits per heavy atom. The van der Waals surface area contributed by atoms with E-state index in [1.54, 1.807) is 0 Å². The molecule has 4 nitrogen and oxygen atoms in total. The molecule has 112 valence electrons. The van der Waals surface area contributed by atoms with E-state index in [4.69, 9.17) is 0 Å². The summed E-state index contributed by atoms with van der Waals surface area (Å²) in [5, 5.41) is 6.60. The number of fused-ring (bicyclic) bond motifs is 1. The molecule has 1 heterocycles. The molecule has 5 heteroatoms. The van der Waals surface area contributed by atoms with Crippen molar-refractivity contribution in [1.82, 2.24) is 10.3 Å². The summed E-state index contributed by atoms with van der Waals surface area (Å²) in [4.78, 5) is 16.5. The van der Waals surface area contributed by atoms with Gasteiger partial charge in [-0.2, -0.15) is 0 Å². The van der Waals surface area contributed by atoms with Crippen LogP contribution in [-0.2, 0) is 0 Å². The molecule has 2 amide bonds. The van der Waals surface area contributed by atoms with E-state index in [1.165, 1.54) is 41.7 Å². The fourth-order valence-electron chi connectivity index (χ4n) is 2.80. The van der Waals surface area contributed by atoms with E-state index in [0.717, 1.165) is 23.1 Å². The SMILES string of the molecule is Cc1cc2nc(NC(=O)NC3CCCCC3)sc2cc1C. The number of aryl methyl sites for hydroxylation is 2. The Hall–Kier alpha value is -1.62. The number of hydrogen-bond acceptors (Lipinski definition) is 3. The lowest BCUT2D eigenvalue weighted by molar-refractivity contribution is 0.244. The summed E-state index contributed by atoms with van der Waals surface area (Å²) in [6.07, 6.45) is 5.89. The fourth-order valence-corrected chi connectivity index (χ4v) is 3.74. The fraction of sp³-hybridized carbons (Fsp3) is 0.500. The quantitative estimate of drug-likeness (QED) is 0.865. The van der Waals surface area contributed by atoms with Crippen molar-refractivity contribution in [1.29, 1.82) is 0 Å². The van der Waals surface area contributed by atoms with Crippen LogP contribution in [0.1, 0.15) is 43.2 Å². The van der Waals surface area contributed by atoms with Gasteiger partial charge in [0.25, 0.3) is 0 Å². The lowest BCUT2D eigenvalue weighted by atomic mass is 9.96. The van der Waals surface area contributed by atoms with Crippen molar-refractivity contribution in [2.75, 3.05) is 5.32 Å². The van der Waals surface area contributed by atoms with Crippen molar-refractivity contribution in [3.8, 4) is 0 Å². The normalized spacial score (nSPS) is 16.1. The molecule has 1 aliphatic rings. The number of urea groups is 1. The van der Waals surface area contributed by atoms with Gasteiger partial charge in [-0.25, -0.2) is 9.78 Å². The van der Waals surface area contributed by atoms with Crippen molar-refractivity contribution in [2.45, 2.75) is 52.0 Å². The third kappa shape index (κ3) is 3.35. The lowest BCUT2D eigenvalue weighted by Gasteiger charge is -2.22. The smallest absolute Gasteiger partial charge is 0.321 e. The van der Waals surface area contributed by atoms with Crippen LogP contribution in [0.15, 0.2) is 12.1 Å². The van der Waals surface area contributed by atoms with Crippen LogP contribution in [0.4, 0.5) is 9.93 Å². The number of anilines is 1. The Labute approximate surface area is 129 Å². The molecule has 0 bridgehead atoms. The minimum Gasteiger partial charge on any atom is -0.335 e. The zero-order valence-corrected chi connectivity index (χ0v) is 13.3. The number of amides is 2. The zero-order chi connectivity index (χ0) is 14.8. The van der Waals surface area contributed by atoms with Crippen LogP contribution in [0.3, 0.4) is 0 Å². The van der Waals surface area contributed by atoms with Crippen LogP contribution in [0, 0.1) is 13.8 Å². The molecule has 1 fully saturated rings. The number of aromatic nitrogens is 1. The van der Waals surface area contributed by atoms with Gasteiger partial charge in [-0.05, 0) is 49.9 Å². The highest BCUT2D eigenvalue weighted by atomic mass is 32.1. The summed E-state index contributed by atoms with van der Waals surface area (Å²) in [6, 6.07) is 4.39. The molecule has 0 unspecified atom stereocenters. The molecular formula is C16H21N3OS. The Bertz CT molecular complexity index is 620. The van der Waals surface area contributed by atoms with Gasteiger partial charge in [0.1, 0.15) is 0 Å². The van der Waals surface area contributed by atoms with E-state index in [0.29, 0.717) is 11.2 Å². The molecule has 2 N–H and O–H groups in total. The van der Waals surface area contributed by atoms with E-state index in [-0.39, 0.29) is 6.03 Å². The van der Waals surface area contributed by atoms with Gasteiger partial charge in [-0.15, -0.1) is 0 Å². The van der Waals surface area contributed by atoms with Crippen LogP contribution in [0.25, 0.3) is 10.2 Å². The molecule has 0 spiro atoms. The second-order valence-electron chi connectivity index (χ2n) is 5.86. The van der Waals surface area contributed by atoms with Crippen LogP contribution >= 0.6 is 11.3 Å². The van der Waals surface area contributed by atoms with Gasteiger partial charge in [0.05, 0.1) is 10.2 Å². The molecule has 0 atom stereocenters. The van der Waals surface area contributed by atoms with Gasteiger partial charge in [0.15, 0.2) is 5.13 Å². The monoisotopic (exact) mass is 303 g/mol. The Kier molecular flexibility index (Phi) is 4.10. The van der Waals surface area contributed by atoms with Gasteiger partial charge in [0.2, 0.25) is 0 Å². The van der Waals surface area contributed by atoms with E-state index in [9.17, 15) is 4.79 Å². The van der Waals surface area contributed by atoms with Crippen LogP contribution in [-0.4, -0.2) is 17.1 Å². The number of hydrogen-bond donors (Lipinski definition) is 2. The van der Waals surface area contributed by atoms with Gasteiger partial charge in [-0.3, -0.25) is 5.32 Å². The van der Waals surface area contributed by atoms with Crippen molar-refractivity contribution in [2.24, 2.45) is 0 Å². The summed E-state index contributed by atoms with van der Waals surface area (Å²) >= 11 is 1.53. The number of rotatable bonds is 2. The number of carbonyl (C=O) groups excluding carboxylic acids is 1. The molecule has 1 aromatic heterocycles. The molecule has 0 aliphatic heterocycles. The van der Waals surface area contributed by atoms with Crippen LogP contribution < -0.4 is 10.6 Å². The molecule has 1 aromatic carbocycles. The Morgan fingerprint density at radius 1 is 1.19 bits per heavy atom. The summed E-state index contributed by atoms with van der Waals surface area (Å²) in [5.41, 5.74) is 3.44. The molecule has 1 saturated carbocycles. The number of benzene rings is 1. The molecule has 0 saturated heterocycles. The number of thiazole rings is 1. The first-order chi connectivity index (χ1) is 10.1. The minimum absolute atomic E-state index is 0.130. The van der Waals surface area contributed by atoms with Crippen LogP contribution in [0.5, 0.6) is 0 Å². The van der Waals surface area contributed by atoms with Gasteiger partial charge in [-0.1, -0.05) is 30.6 Å². The Morgan fingerprint density at radius 2 is 1.90 bits per heavy atom. The van der Waals surface area contributed by atoms with E-state index in [1.807, 2.05) is 0 Å². The summed E-state index contributed by atoms with van der Waals surface area (Å²) in [5.74, 6) is 0. The number of nitrogens with zero attached hydrogens (tertiary/aromatic N) is 1. The maximum Gasteiger partial charge on any atom is 0.321 e. The topological polar surface area (TPSA) is 54.0 Å². The summed E-state index contributed by atoms with van der Waals surface area (Å²) < 4.78 is 1.12. The standard InChI is InChI=1S/C16H21N3OS/c1-10-8-13-14(9-11(10)2)21-16(18-13)19-15(20)17-12-6-4-3-5-7-12/h8-9,12H,3-7H2,1-2H3,(H2,17,18,19,20). The van der Waals surface area contributed by atoms with E-state index >= 15 is 0 Å². The zero-order valence-electron chi connectivity index (χ0n) is 12.5. The molecule has 0 radical (unpaired) electrons. The first-order valence-corrected chi connectivity index (χ1v) is 8.39. The predicted molar refractivity (Wildman–Crippen MR) is 88.1 cm³/mol. The highest BCUT2D eigenvalue weighted by molar-refractivity contribution is 7.22. The molecule has 21 heavy (non-hydrogen) atoms. The van der Waals surface area contributed by atoms with Crippen molar-refractivity contribution >= 4 is 32.7 Å². The largest absolute Gasteiger partial charge is 0.335 e. The average Bonchev–Trinajstić information content (AvgIpc) is 2.81. The first-order valence-electron chi connectivity index (χ1n) is 7.57. The Balaban J connectivity index is 1.68. The molecule has 1 aliphatic carbocycles. The van der Waals surface area contributed by atoms with Crippen molar-refractivity contribution in [3.05, 3.63) is 23.3 Å². The second-order valence-corrected chi connectivity index (χ2v) is 6.89. The first kappa shape index (κ1) is 14.3. The summed E-state index contributed by atoms with van der Waals surface area (Å²) in [6.45, 7) is 4.17. The minimum atomic E-state index is -0.130. The maximum atomic E-state index is 12.0. The molecule has 3 rings (SSSR count). The number of carbonyl (C=O) groups is 1. The molecule has 2 aromatic rings. The van der Waals surface area contributed by atoms with E-state index in [2.05, 4.69) is 41.6 Å². The van der Waals surface area contributed by atoms with Crippen LogP contribution in [0.2, 0.25) is 0 Å². The third-order valence-corrected chi connectivity index (χ3v) is 5.10. The third-order valence-electron chi connectivity index (χ3n) is 4.16. The van der Waals surface area contributed by atoms with Gasteiger partial charge in [0, 0.05) is 6.04 Å². The van der Waals surface area contributed by atoms with Gasteiger partial charge >= 0.3 is 6.03 Å².